The maximum Gasteiger partial charge on any atom is 0.244 e. The van der Waals surface area contributed by atoms with Crippen molar-refractivity contribution < 1.29 is 22.7 Å². The van der Waals surface area contributed by atoms with Crippen molar-refractivity contribution in [2.75, 3.05) is 30.8 Å². The van der Waals surface area contributed by atoms with Gasteiger partial charge in [0.2, 0.25) is 21.8 Å². The summed E-state index contributed by atoms with van der Waals surface area (Å²) in [6, 6.07) is 13.0. The van der Waals surface area contributed by atoms with Crippen LogP contribution in [0.15, 0.2) is 53.0 Å². The predicted molar refractivity (Wildman–Crippen MR) is 137 cm³/mol. The van der Waals surface area contributed by atoms with Crippen LogP contribution in [0, 0.1) is 0 Å². The first-order valence-corrected chi connectivity index (χ1v) is 13.6. The number of carbonyl (C=O) groups excluding carboxylic acids is 2. The predicted octanol–water partition coefficient (Wildman–Crippen LogP) is 3.56. The molecule has 0 fully saturated rings. The lowest BCUT2D eigenvalue weighted by atomic mass is 10.1. The number of unbranched alkanes of at least 4 members (excludes halogenated alkanes) is 1. The van der Waals surface area contributed by atoms with Crippen molar-refractivity contribution in [2.24, 2.45) is 0 Å². The molecule has 1 atom stereocenters. The average Bonchev–Trinajstić information content (AvgIpc) is 2.80. The molecule has 0 aliphatic heterocycles. The smallest absolute Gasteiger partial charge is 0.244 e. The fourth-order valence-electron chi connectivity index (χ4n) is 3.31. The molecule has 0 radical (unpaired) electrons. The van der Waals surface area contributed by atoms with Crippen molar-refractivity contribution in [1.29, 1.82) is 0 Å². The van der Waals surface area contributed by atoms with Crippen molar-refractivity contribution in [3.8, 4) is 5.75 Å². The highest BCUT2D eigenvalue weighted by molar-refractivity contribution is 9.10. The van der Waals surface area contributed by atoms with Crippen LogP contribution in [0.4, 0.5) is 5.69 Å². The molecule has 2 rings (SSSR count). The van der Waals surface area contributed by atoms with Gasteiger partial charge in [-0.2, -0.15) is 0 Å². The van der Waals surface area contributed by atoms with Crippen molar-refractivity contribution in [3.05, 3.63) is 58.6 Å². The highest BCUT2D eigenvalue weighted by atomic mass is 79.9. The van der Waals surface area contributed by atoms with Crippen LogP contribution < -0.4 is 14.4 Å². The van der Waals surface area contributed by atoms with Gasteiger partial charge in [0.25, 0.3) is 0 Å². The molecule has 186 valence electrons. The van der Waals surface area contributed by atoms with Crippen molar-refractivity contribution in [2.45, 2.75) is 39.3 Å². The number of amides is 2. The number of nitrogens with zero attached hydrogens (tertiary/aromatic N) is 2. The quantitative estimate of drug-likeness (QED) is 0.405. The van der Waals surface area contributed by atoms with E-state index in [9.17, 15) is 18.0 Å². The van der Waals surface area contributed by atoms with Crippen molar-refractivity contribution in [3.63, 3.8) is 0 Å². The molecule has 0 saturated heterocycles. The van der Waals surface area contributed by atoms with E-state index in [1.807, 2.05) is 13.0 Å². The van der Waals surface area contributed by atoms with Crippen molar-refractivity contribution >= 4 is 43.5 Å². The largest absolute Gasteiger partial charge is 0.497 e. The van der Waals surface area contributed by atoms with E-state index >= 15 is 0 Å². The first-order chi connectivity index (χ1) is 16.1. The van der Waals surface area contributed by atoms with Crippen LogP contribution in [-0.4, -0.2) is 57.6 Å². The Morgan fingerprint density at radius 1 is 1.15 bits per heavy atom. The van der Waals surface area contributed by atoms with Gasteiger partial charge in [-0.25, -0.2) is 8.42 Å². The van der Waals surface area contributed by atoms with Crippen LogP contribution in [0.2, 0.25) is 0 Å². The van der Waals surface area contributed by atoms with Gasteiger partial charge in [-0.3, -0.25) is 13.9 Å². The standard InChI is InChI=1S/C24H32BrN3O5S/c1-5-6-14-26-24(30)18(2)27(16-19-8-7-9-22(15-19)33-3)23(29)17-28(34(4,31)32)21-12-10-20(25)11-13-21/h7-13,15,18H,5-6,14,16-17H2,1-4H3,(H,26,30). The summed E-state index contributed by atoms with van der Waals surface area (Å²) in [5.41, 5.74) is 1.12. The number of ether oxygens (including phenoxy) is 1. The summed E-state index contributed by atoms with van der Waals surface area (Å²) in [5, 5.41) is 2.85. The molecule has 2 aromatic rings. The van der Waals surface area contributed by atoms with E-state index in [1.54, 1.807) is 56.5 Å². The van der Waals surface area contributed by atoms with Gasteiger partial charge in [0.05, 0.1) is 19.1 Å². The molecule has 0 aliphatic carbocycles. The van der Waals surface area contributed by atoms with E-state index in [2.05, 4.69) is 21.2 Å². The van der Waals surface area contributed by atoms with E-state index in [0.29, 0.717) is 18.0 Å². The summed E-state index contributed by atoms with van der Waals surface area (Å²) in [5.74, 6) is -0.161. The number of hydrogen-bond acceptors (Lipinski definition) is 5. The van der Waals surface area contributed by atoms with Gasteiger partial charge in [-0.15, -0.1) is 0 Å². The number of carbonyl (C=O) groups is 2. The van der Waals surface area contributed by atoms with Crippen LogP contribution in [0.3, 0.4) is 0 Å². The SMILES string of the molecule is CCCCNC(=O)C(C)N(Cc1cccc(OC)c1)C(=O)CN(c1ccc(Br)cc1)S(C)(=O)=O. The summed E-state index contributed by atoms with van der Waals surface area (Å²) in [6.07, 6.45) is 2.81. The second-order valence-corrected chi connectivity index (χ2v) is 10.8. The number of benzene rings is 2. The van der Waals surface area contributed by atoms with Gasteiger partial charge in [0.15, 0.2) is 0 Å². The third-order valence-electron chi connectivity index (χ3n) is 5.28. The minimum absolute atomic E-state index is 0.121. The Balaban J connectivity index is 2.35. The van der Waals surface area contributed by atoms with Gasteiger partial charge in [-0.05, 0) is 55.3 Å². The monoisotopic (exact) mass is 553 g/mol. The second kappa shape index (κ2) is 12.8. The number of rotatable bonds is 12. The molecule has 0 bridgehead atoms. The molecule has 2 amide bonds. The zero-order valence-electron chi connectivity index (χ0n) is 20.0. The number of hydrogen-bond donors (Lipinski definition) is 1. The molecule has 8 nitrogen and oxygen atoms in total. The van der Waals surface area contributed by atoms with Crippen LogP contribution in [0.1, 0.15) is 32.3 Å². The maximum absolute atomic E-state index is 13.5. The number of anilines is 1. The van der Waals surface area contributed by atoms with E-state index in [1.165, 1.54) is 4.90 Å². The van der Waals surface area contributed by atoms with Crippen LogP contribution >= 0.6 is 15.9 Å². The van der Waals surface area contributed by atoms with Crippen LogP contribution in [0.25, 0.3) is 0 Å². The van der Waals surface area contributed by atoms with E-state index in [-0.39, 0.29) is 12.5 Å². The first kappa shape index (κ1) is 27.7. The molecule has 1 N–H and O–H groups in total. The summed E-state index contributed by atoms with van der Waals surface area (Å²) in [7, 11) is -2.21. The zero-order valence-corrected chi connectivity index (χ0v) is 22.4. The highest BCUT2D eigenvalue weighted by Gasteiger charge is 2.30. The molecular formula is C24H32BrN3O5S. The first-order valence-electron chi connectivity index (χ1n) is 11.0. The number of halogens is 1. The molecule has 0 aliphatic rings. The Hall–Kier alpha value is -2.59. The highest BCUT2D eigenvalue weighted by Crippen LogP contribution is 2.22. The lowest BCUT2D eigenvalue weighted by Crippen LogP contribution is -2.51. The normalized spacial score (nSPS) is 12.0. The Morgan fingerprint density at radius 3 is 2.41 bits per heavy atom. The maximum atomic E-state index is 13.5. The summed E-state index contributed by atoms with van der Waals surface area (Å²) in [4.78, 5) is 27.7. The van der Waals surface area contributed by atoms with Gasteiger partial charge in [0, 0.05) is 17.6 Å². The molecule has 2 aromatic carbocycles. The molecule has 0 saturated carbocycles. The van der Waals surface area contributed by atoms with Gasteiger partial charge in [-0.1, -0.05) is 41.4 Å². The van der Waals surface area contributed by atoms with E-state index < -0.39 is 28.5 Å². The molecule has 0 spiro atoms. The topological polar surface area (TPSA) is 96.0 Å². The van der Waals surface area contributed by atoms with E-state index in [0.717, 1.165) is 33.4 Å². The van der Waals surface area contributed by atoms with Gasteiger partial charge in [0.1, 0.15) is 18.3 Å². The van der Waals surface area contributed by atoms with Gasteiger partial charge >= 0.3 is 0 Å². The van der Waals surface area contributed by atoms with Crippen LogP contribution in [0.5, 0.6) is 5.75 Å². The van der Waals surface area contributed by atoms with Crippen molar-refractivity contribution in [1.82, 2.24) is 10.2 Å². The molecule has 10 heteroatoms. The van der Waals surface area contributed by atoms with E-state index in [4.69, 9.17) is 4.74 Å². The second-order valence-electron chi connectivity index (χ2n) is 7.94. The Morgan fingerprint density at radius 2 is 1.82 bits per heavy atom. The lowest BCUT2D eigenvalue weighted by molar-refractivity contribution is -0.139. The third kappa shape index (κ3) is 8.02. The molecule has 0 aromatic heterocycles. The number of nitrogens with one attached hydrogen (secondary N) is 1. The minimum atomic E-state index is -3.76. The Kier molecular flexibility index (Phi) is 10.4. The fraction of sp³-hybridized carbons (Fsp3) is 0.417. The Bertz CT molecular complexity index is 1080. The summed E-state index contributed by atoms with van der Waals surface area (Å²) >= 11 is 3.33. The molecule has 0 heterocycles. The molecule has 34 heavy (non-hydrogen) atoms. The zero-order chi connectivity index (χ0) is 25.3. The minimum Gasteiger partial charge on any atom is -0.497 e. The number of sulfonamides is 1. The fourth-order valence-corrected chi connectivity index (χ4v) is 4.42. The summed E-state index contributed by atoms with van der Waals surface area (Å²) in [6.45, 7) is 3.86. The third-order valence-corrected chi connectivity index (χ3v) is 6.95. The lowest BCUT2D eigenvalue weighted by Gasteiger charge is -2.31. The molecular weight excluding hydrogens is 522 g/mol. The van der Waals surface area contributed by atoms with Gasteiger partial charge < -0.3 is 15.0 Å². The van der Waals surface area contributed by atoms with Crippen LogP contribution in [-0.2, 0) is 26.2 Å². The average molecular weight is 555 g/mol. The Labute approximate surface area is 210 Å². The molecule has 1 unspecified atom stereocenters. The summed E-state index contributed by atoms with van der Waals surface area (Å²) < 4.78 is 32.2. The number of methoxy groups -OCH3 is 1.